The van der Waals surface area contributed by atoms with Crippen LogP contribution in [0.5, 0.6) is 0 Å². The highest BCUT2D eigenvalue weighted by Gasteiger charge is 2.21. The molecule has 0 saturated carbocycles. The Balaban J connectivity index is 2.28. The highest BCUT2D eigenvalue weighted by Crippen LogP contribution is 2.17. The number of hydrogen-bond donors (Lipinski definition) is 0. The average molecular weight is 254 g/mol. The fraction of sp³-hybridized carbons (Fsp3) is 0.375. The van der Waals surface area contributed by atoms with E-state index in [1.165, 1.54) is 5.56 Å². The number of nitrogens with zero attached hydrogens (tertiary/aromatic N) is 2. The summed E-state index contributed by atoms with van der Waals surface area (Å²) in [7, 11) is 0. The lowest BCUT2D eigenvalue weighted by atomic mass is 10.0. The monoisotopic (exact) mass is 254 g/mol. The molecule has 3 heteroatoms. The van der Waals surface area contributed by atoms with E-state index in [-0.39, 0.29) is 11.5 Å². The first kappa shape index (κ1) is 13.4. The van der Waals surface area contributed by atoms with Gasteiger partial charge in [0.1, 0.15) is 11.6 Å². The summed E-state index contributed by atoms with van der Waals surface area (Å²) < 4.78 is 0. The number of benzene rings is 1. The molecule has 1 aliphatic heterocycles. The van der Waals surface area contributed by atoms with E-state index >= 15 is 0 Å². The van der Waals surface area contributed by atoms with Gasteiger partial charge in [0.15, 0.2) is 0 Å². The number of likely N-dealkylation sites (tertiary alicyclic amines) is 1. The molecule has 1 aromatic rings. The van der Waals surface area contributed by atoms with Crippen LogP contribution in [0.3, 0.4) is 0 Å². The molecule has 1 fully saturated rings. The Morgan fingerprint density at radius 2 is 2.00 bits per heavy atom. The molecule has 0 aliphatic carbocycles. The van der Waals surface area contributed by atoms with Crippen molar-refractivity contribution in [1.29, 1.82) is 5.26 Å². The molecule has 2 rings (SSSR count). The van der Waals surface area contributed by atoms with Crippen molar-refractivity contribution < 1.29 is 4.79 Å². The van der Waals surface area contributed by atoms with Gasteiger partial charge in [-0.2, -0.15) is 5.26 Å². The Hall–Kier alpha value is -2.08. The van der Waals surface area contributed by atoms with Crippen molar-refractivity contribution in [3.63, 3.8) is 0 Å². The number of amides is 1. The van der Waals surface area contributed by atoms with E-state index in [1.807, 2.05) is 32.0 Å². The third-order valence-corrected chi connectivity index (χ3v) is 3.47. The van der Waals surface area contributed by atoms with E-state index in [9.17, 15) is 10.1 Å². The molecule has 19 heavy (non-hydrogen) atoms. The lowest BCUT2D eigenvalue weighted by Gasteiger charge is -2.14. The van der Waals surface area contributed by atoms with E-state index in [1.54, 1.807) is 11.0 Å². The van der Waals surface area contributed by atoms with Crippen LogP contribution < -0.4 is 0 Å². The van der Waals surface area contributed by atoms with Gasteiger partial charge in [-0.25, -0.2) is 0 Å². The molecule has 1 aliphatic rings. The largest absolute Gasteiger partial charge is 0.338 e. The van der Waals surface area contributed by atoms with Crippen molar-refractivity contribution in [2.45, 2.75) is 26.7 Å². The van der Waals surface area contributed by atoms with E-state index in [0.717, 1.165) is 37.1 Å². The Labute approximate surface area is 114 Å². The second-order valence-corrected chi connectivity index (χ2v) is 5.03. The van der Waals surface area contributed by atoms with Crippen molar-refractivity contribution in [2.75, 3.05) is 13.1 Å². The predicted octanol–water partition coefficient (Wildman–Crippen LogP) is 2.83. The lowest BCUT2D eigenvalue weighted by molar-refractivity contribution is -0.125. The van der Waals surface area contributed by atoms with Gasteiger partial charge in [-0.3, -0.25) is 4.79 Å². The van der Waals surface area contributed by atoms with Crippen LogP contribution in [0.2, 0.25) is 0 Å². The van der Waals surface area contributed by atoms with E-state index in [0.29, 0.717) is 0 Å². The fourth-order valence-corrected chi connectivity index (χ4v) is 2.38. The highest BCUT2D eigenvalue weighted by molar-refractivity contribution is 6.01. The summed E-state index contributed by atoms with van der Waals surface area (Å²) in [5, 5.41) is 9.20. The van der Waals surface area contributed by atoms with Crippen LogP contribution in [0.1, 0.15) is 29.5 Å². The molecular formula is C16H18N2O. The second-order valence-electron chi connectivity index (χ2n) is 5.03. The normalized spacial score (nSPS) is 15.4. The minimum Gasteiger partial charge on any atom is -0.338 e. The molecule has 1 amide bonds. The van der Waals surface area contributed by atoms with E-state index < -0.39 is 0 Å². The quantitative estimate of drug-likeness (QED) is 0.601. The Bertz CT molecular complexity index is 561. The molecule has 0 bridgehead atoms. The van der Waals surface area contributed by atoms with Gasteiger partial charge in [0.05, 0.1) is 0 Å². The summed E-state index contributed by atoms with van der Waals surface area (Å²) in [6.07, 6.45) is 3.78. The fourth-order valence-electron chi connectivity index (χ4n) is 2.38. The predicted molar refractivity (Wildman–Crippen MR) is 75.3 cm³/mol. The summed E-state index contributed by atoms with van der Waals surface area (Å²) >= 11 is 0. The Morgan fingerprint density at radius 3 is 2.58 bits per heavy atom. The van der Waals surface area contributed by atoms with Gasteiger partial charge in [0.25, 0.3) is 5.91 Å². The summed E-state index contributed by atoms with van der Waals surface area (Å²) in [6.45, 7) is 5.56. The van der Waals surface area contributed by atoms with Crippen molar-refractivity contribution in [2.24, 2.45) is 0 Å². The van der Waals surface area contributed by atoms with Crippen LogP contribution in [0.25, 0.3) is 6.08 Å². The van der Waals surface area contributed by atoms with Crippen molar-refractivity contribution in [1.82, 2.24) is 4.90 Å². The molecule has 3 nitrogen and oxygen atoms in total. The van der Waals surface area contributed by atoms with Crippen molar-refractivity contribution in [3.05, 3.63) is 40.5 Å². The second kappa shape index (κ2) is 5.71. The molecule has 0 aromatic heterocycles. The van der Waals surface area contributed by atoms with Crippen LogP contribution in [-0.2, 0) is 4.79 Å². The summed E-state index contributed by atoms with van der Waals surface area (Å²) in [5.41, 5.74) is 3.43. The molecule has 0 radical (unpaired) electrons. The maximum Gasteiger partial charge on any atom is 0.264 e. The van der Waals surface area contributed by atoms with E-state index in [2.05, 4.69) is 6.07 Å². The lowest BCUT2D eigenvalue weighted by Crippen LogP contribution is -2.28. The van der Waals surface area contributed by atoms with Gasteiger partial charge in [-0.05, 0) is 43.9 Å². The summed E-state index contributed by atoms with van der Waals surface area (Å²) in [6, 6.07) is 8.05. The zero-order chi connectivity index (χ0) is 13.8. The molecular weight excluding hydrogens is 236 g/mol. The van der Waals surface area contributed by atoms with Gasteiger partial charge in [-0.15, -0.1) is 0 Å². The summed E-state index contributed by atoms with van der Waals surface area (Å²) in [5.74, 6) is -0.139. The van der Waals surface area contributed by atoms with Crippen LogP contribution in [0, 0.1) is 25.2 Å². The van der Waals surface area contributed by atoms with E-state index in [4.69, 9.17) is 0 Å². The molecule has 98 valence electrons. The maximum absolute atomic E-state index is 12.2. The summed E-state index contributed by atoms with van der Waals surface area (Å²) in [4.78, 5) is 14.0. The van der Waals surface area contributed by atoms with Gasteiger partial charge in [0, 0.05) is 13.1 Å². The Morgan fingerprint density at radius 1 is 1.32 bits per heavy atom. The van der Waals surface area contributed by atoms with Gasteiger partial charge in [0.2, 0.25) is 0 Å². The first-order valence-electron chi connectivity index (χ1n) is 6.60. The van der Waals surface area contributed by atoms with Crippen LogP contribution in [0.4, 0.5) is 0 Å². The van der Waals surface area contributed by atoms with Crippen LogP contribution in [0.15, 0.2) is 23.8 Å². The van der Waals surface area contributed by atoms with Crippen LogP contribution in [-0.4, -0.2) is 23.9 Å². The number of carbonyl (C=O) groups excluding carboxylic acids is 1. The standard InChI is InChI=1S/C16H18N2O/c1-12-5-6-14(13(2)9-12)10-15(11-17)16(19)18-7-3-4-8-18/h5-6,9-10H,3-4,7-8H2,1-2H3/b15-10+. The SMILES string of the molecule is Cc1ccc(/C=C(\C#N)C(=O)N2CCCC2)c(C)c1. The molecule has 1 heterocycles. The van der Waals surface area contributed by atoms with Crippen molar-refractivity contribution >= 4 is 12.0 Å². The zero-order valence-electron chi connectivity index (χ0n) is 11.4. The molecule has 0 unspecified atom stereocenters. The minimum absolute atomic E-state index is 0.139. The number of hydrogen-bond acceptors (Lipinski definition) is 2. The highest BCUT2D eigenvalue weighted by atomic mass is 16.2. The molecule has 1 aromatic carbocycles. The average Bonchev–Trinajstić information content (AvgIpc) is 2.91. The zero-order valence-corrected chi connectivity index (χ0v) is 11.4. The molecule has 1 saturated heterocycles. The number of nitriles is 1. The maximum atomic E-state index is 12.2. The van der Waals surface area contributed by atoms with Crippen molar-refractivity contribution in [3.8, 4) is 6.07 Å². The van der Waals surface area contributed by atoms with Crippen LogP contribution >= 0.6 is 0 Å². The third kappa shape index (κ3) is 3.03. The van der Waals surface area contributed by atoms with Gasteiger partial charge >= 0.3 is 0 Å². The molecule has 0 spiro atoms. The first-order valence-corrected chi connectivity index (χ1v) is 6.60. The molecule has 0 N–H and O–H groups in total. The van der Waals surface area contributed by atoms with Gasteiger partial charge in [-0.1, -0.05) is 23.8 Å². The number of aryl methyl sites for hydroxylation is 2. The Kier molecular flexibility index (Phi) is 4.01. The number of rotatable bonds is 2. The third-order valence-electron chi connectivity index (χ3n) is 3.47. The smallest absolute Gasteiger partial charge is 0.264 e. The molecule has 0 atom stereocenters. The van der Waals surface area contributed by atoms with Gasteiger partial charge < -0.3 is 4.90 Å². The number of carbonyl (C=O) groups is 1. The minimum atomic E-state index is -0.139. The topological polar surface area (TPSA) is 44.1 Å². The first-order chi connectivity index (χ1) is 9.11.